The number of carbonyl (C=O) groups excluding carboxylic acids is 1. The van der Waals surface area contributed by atoms with E-state index in [1.165, 1.54) is 22.9 Å². The lowest BCUT2D eigenvalue weighted by Gasteiger charge is -2.05. The molecule has 0 aliphatic carbocycles. The SMILES string of the molecule is C/C(=N/NC(=O)Cn1ccccc1=O)c1ccccc1F. The van der Waals surface area contributed by atoms with E-state index in [1.807, 2.05) is 0 Å². The third-order valence-corrected chi connectivity index (χ3v) is 2.82. The maximum absolute atomic E-state index is 13.5. The number of aromatic nitrogens is 1. The van der Waals surface area contributed by atoms with Crippen molar-refractivity contribution < 1.29 is 9.18 Å². The van der Waals surface area contributed by atoms with Gasteiger partial charge in [0, 0.05) is 17.8 Å². The largest absolute Gasteiger partial charge is 0.306 e. The summed E-state index contributed by atoms with van der Waals surface area (Å²) in [6.07, 6.45) is 1.51. The number of hydrogen-bond donors (Lipinski definition) is 1. The number of pyridine rings is 1. The zero-order valence-electron chi connectivity index (χ0n) is 11.4. The molecule has 1 aromatic heterocycles. The van der Waals surface area contributed by atoms with Crippen LogP contribution >= 0.6 is 0 Å². The Labute approximate surface area is 120 Å². The summed E-state index contributed by atoms with van der Waals surface area (Å²) >= 11 is 0. The van der Waals surface area contributed by atoms with Crippen LogP contribution in [0.4, 0.5) is 4.39 Å². The molecule has 5 nitrogen and oxygen atoms in total. The minimum atomic E-state index is -0.459. The molecule has 0 radical (unpaired) electrons. The topological polar surface area (TPSA) is 63.5 Å². The minimum absolute atomic E-state index is 0.145. The molecule has 2 rings (SSSR count). The van der Waals surface area contributed by atoms with Gasteiger partial charge in [0.15, 0.2) is 0 Å². The third-order valence-electron chi connectivity index (χ3n) is 2.82. The van der Waals surface area contributed by atoms with Gasteiger partial charge in [0.05, 0.1) is 5.71 Å². The Balaban J connectivity index is 2.04. The summed E-state index contributed by atoms with van der Waals surface area (Å²) in [7, 11) is 0. The molecule has 0 aliphatic rings. The Morgan fingerprint density at radius 3 is 2.67 bits per heavy atom. The second-order valence-corrected chi connectivity index (χ2v) is 4.38. The van der Waals surface area contributed by atoms with E-state index in [0.29, 0.717) is 11.3 Å². The highest BCUT2D eigenvalue weighted by molar-refractivity contribution is 5.99. The number of nitrogens with one attached hydrogen (secondary N) is 1. The Bertz CT molecular complexity index is 737. The van der Waals surface area contributed by atoms with E-state index in [0.717, 1.165) is 0 Å². The first-order chi connectivity index (χ1) is 10.1. The Morgan fingerprint density at radius 2 is 1.95 bits per heavy atom. The number of rotatable bonds is 4. The van der Waals surface area contributed by atoms with Crippen molar-refractivity contribution in [3.05, 3.63) is 70.4 Å². The first-order valence-electron chi connectivity index (χ1n) is 6.31. The van der Waals surface area contributed by atoms with Gasteiger partial charge in [-0.2, -0.15) is 5.10 Å². The number of amides is 1. The predicted molar refractivity (Wildman–Crippen MR) is 77.5 cm³/mol. The Hall–Kier alpha value is -2.76. The highest BCUT2D eigenvalue weighted by atomic mass is 19.1. The van der Waals surface area contributed by atoms with Gasteiger partial charge in [0.1, 0.15) is 12.4 Å². The van der Waals surface area contributed by atoms with Crippen molar-refractivity contribution in [1.82, 2.24) is 9.99 Å². The molecule has 0 fully saturated rings. The van der Waals surface area contributed by atoms with Gasteiger partial charge in [-0.3, -0.25) is 9.59 Å². The molecule has 0 saturated carbocycles. The zero-order valence-corrected chi connectivity index (χ0v) is 11.4. The second kappa shape index (κ2) is 6.60. The fourth-order valence-electron chi connectivity index (χ4n) is 1.74. The smallest absolute Gasteiger partial charge is 0.260 e. The van der Waals surface area contributed by atoms with Gasteiger partial charge in [-0.1, -0.05) is 24.3 Å². The van der Waals surface area contributed by atoms with Gasteiger partial charge >= 0.3 is 0 Å². The normalized spacial score (nSPS) is 11.2. The van der Waals surface area contributed by atoms with Crippen LogP contribution in [0.25, 0.3) is 0 Å². The number of carbonyl (C=O) groups is 1. The molecule has 1 aromatic carbocycles. The molecular formula is C15H14FN3O2. The monoisotopic (exact) mass is 287 g/mol. The van der Waals surface area contributed by atoms with Crippen LogP contribution in [0.15, 0.2) is 58.6 Å². The average molecular weight is 287 g/mol. The van der Waals surface area contributed by atoms with Crippen LogP contribution in [0.2, 0.25) is 0 Å². The van der Waals surface area contributed by atoms with Gasteiger partial charge in [-0.15, -0.1) is 0 Å². The lowest BCUT2D eigenvalue weighted by Crippen LogP contribution is -2.29. The molecule has 0 atom stereocenters. The van der Waals surface area contributed by atoms with Gasteiger partial charge < -0.3 is 4.57 Å². The van der Waals surface area contributed by atoms with Crippen molar-refractivity contribution in [2.75, 3.05) is 0 Å². The second-order valence-electron chi connectivity index (χ2n) is 4.38. The Kier molecular flexibility index (Phi) is 4.61. The third kappa shape index (κ3) is 3.85. The molecule has 1 N–H and O–H groups in total. The molecule has 21 heavy (non-hydrogen) atoms. The van der Waals surface area contributed by atoms with E-state index >= 15 is 0 Å². The highest BCUT2D eigenvalue weighted by Gasteiger charge is 2.06. The summed E-state index contributed by atoms with van der Waals surface area (Å²) in [5.74, 6) is -0.869. The van der Waals surface area contributed by atoms with Crippen molar-refractivity contribution in [1.29, 1.82) is 0 Å². The minimum Gasteiger partial charge on any atom is -0.306 e. The van der Waals surface area contributed by atoms with Crippen LogP contribution in [0, 0.1) is 5.82 Å². The van der Waals surface area contributed by atoms with Crippen LogP contribution in [0.3, 0.4) is 0 Å². The fraction of sp³-hybridized carbons (Fsp3) is 0.133. The van der Waals surface area contributed by atoms with Crippen LogP contribution in [0.5, 0.6) is 0 Å². The summed E-state index contributed by atoms with van der Waals surface area (Å²) < 4.78 is 14.8. The number of hydrazone groups is 1. The summed E-state index contributed by atoms with van der Waals surface area (Å²) in [5.41, 5.74) is 2.69. The van der Waals surface area contributed by atoms with E-state index in [9.17, 15) is 14.0 Å². The number of benzene rings is 1. The molecular weight excluding hydrogens is 273 g/mol. The number of halogens is 1. The number of nitrogens with zero attached hydrogens (tertiary/aromatic N) is 2. The molecule has 6 heteroatoms. The number of hydrogen-bond acceptors (Lipinski definition) is 3. The molecule has 0 spiro atoms. The quantitative estimate of drug-likeness (QED) is 0.684. The average Bonchev–Trinajstić information content (AvgIpc) is 2.48. The van der Waals surface area contributed by atoms with Crippen LogP contribution in [0.1, 0.15) is 12.5 Å². The van der Waals surface area contributed by atoms with E-state index in [2.05, 4.69) is 10.5 Å². The van der Waals surface area contributed by atoms with Gasteiger partial charge in [0.25, 0.3) is 11.5 Å². The van der Waals surface area contributed by atoms with Crippen molar-refractivity contribution in [3.8, 4) is 0 Å². The molecule has 0 aliphatic heterocycles. The fourth-order valence-corrected chi connectivity index (χ4v) is 1.74. The van der Waals surface area contributed by atoms with Crippen LogP contribution in [-0.4, -0.2) is 16.2 Å². The van der Waals surface area contributed by atoms with Crippen LogP contribution < -0.4 is 11.0 Å². The van der Waals surface area contributed by atoms with E-state index in [-0.39, 0.29) is 12.1 Å². The summed E-state index contributed by atoms with van der Waals surface area (Å²) in [6, 6.07) is 10.8. The lowest BCUT2D eigenvalue weighted by atomic mass is 10.1. The molecule has 108 valence electrons. The molecule has 2 aromatic rings. The molecule has 0 unspecified atom stereocenters. The maximum Gasteiger partial charge on any atom is 0.260 e. The summed E-state index contributed by atoms with van der Waals surface area (Å²) in [5, 5.41) is 3.84. The van der Waals surface area contributed by atoms with Gasteiger partial charge in [0.2, 0.25) is 0 Å². The van der Waals surface area contributed by atoms with Crippen molar-refractivity contribution in [3.63, 3.8) is 0 Å². The van der Waals surface area contributed by atoms with Crippen molar-refractivity contribution >= 4 is 11.6 Å². The first-order valence-corrected chi connectivity index (χ1v) is 6.31. The van der Waals surface area contributed by atoms with Crippen LogP contribution in [-0.2, 0) is 11.3 Å². The molecule has 0 bridgehead atoms. The van der Waals surface area contributed by atoms with Gasteiger partial charge in [-0.25, -0.2) is 9.82 Å². The molecule has 1 amide bonds. The van der Waals surface area contributed by atoms with Crippen molar-refractivity contribution in [2.45, 2.75) is 13.5 Å². The molecule has 0 saturated heterocycles. The highest BCUT2D eigenvalue weighted by Crippen LogP contribution is 2.07. The van der Waals surface area contributed by atoms with E-state index < -0.39 is 11.7 Å². The standard InChI is InChI=1S/C15H14FN3O2/c1-11(12-6-2-3-7-13(12)16)17-18-14(20)10-19-9-5-4-8-15(19)21/h2-9H,10H2,1H3,(H,18,20)/b17-11-. The first kappa shape index (κ1) is 14.6. The van der Waals surface area contributed by atoms with Gasteiger partial charge in [-0.05, 0) is 19.1 Å². The van der Waals surface area contributed by atoms with Crippen molar-refractivity contribution in [2.24, 2.45) is 5.10 Å². The Morgan fingerprint density at radius 1 is 1.24 bits per heavy atom. The predicted octanol–water partition coefficient (Wildman–Crippen LogP) is 1.53. The summed E-state index contributed by atoms with van der Waals surface area (Å²) in [4.78, 5) is 23.2. The lowest BCUT2D eigenvalue weighted by molar-refractivity contribution is -0.121. The zero-order chi connectivity index (χ0) is 15.2. The summed E-state index contributed by atoms with van der Waals surface area (Å²) in [6.45, 7) is 1.45. The van der Waals surface area contributed by atoms with E-state index in [4.69, 9.17) is 0 Å². The maximum atomic E-state index is 13.5. The van der Waals surface area contributed by atoms with E-state index in [1.54, 1.807) is 37.3 Å². The molecule has 1 heterocycles.